The molecule has 6 nitrogen and oxygen atoms in total. The van der Waals surface area contributed by atoms with Crippen molar-refractivity contribution in [3.63, 3.8) is 0 Å². The van der Waals surface area contributed by atoms with Crippen molar-refractivity contribution in [1.82, 2.24) is 9.88 Å². The third kappa shape index (κ3) is 3.59. The number of aryl methyl sites for hydroxylation is 1. The van der Waals surface area contributed by atoms with Gasteiger partial charge in [0.05, 0.1) is 10.6 Å². The third-order valence-corrected chi connectivity index (χ3v) is 5.02. The maximum absolute atomic E-state index is 12.2. The minimum atomic E-state index is -3.69. The summed E-state index contributed by atoms with van der Waals surface area (Å²) in [6.45, 7) is 1.79. The number of rotatable bonds is 4. The van der Waals surface area contributed by atoms with Crippen LogP contribution in [-0.2, 0) is 10.0 Å². The summed E-state index contributed by atoms with van der Waals surface area (Å²) in [5.74, 6) is -0.178. The molecular formula is C13H15N3O3S2. The van der Waals surface area contributed by atoms with Crippen LogP contribution >= 0.6 is 11.3 Å². The van der Waals surface area contributed by atoms with Crippen LogP contribution in [0.4, 0.5) is 5.13 Å². The number of benzene rings is 1. The Morgan fingerprint density at radius 1 is 1.24 bits per heavy atom. The summed E-state index contributed by atoms with van der Waals surface area (Å²) in [4.78, 5) is 17.3. The molecule has 1 amide bonds. The van der Waals surface area contributed by atoms with Crippen molar-refractivity contribution >= 4 is 32.4 Å². The number of amides is 1. The lowest BCUT2D eigenvalue weighted by molar-refractivity contribution is 0.0827. The van der Waals surface area contributed by atoms with Gasteiger partial charge in [-0.25, -0.2) is 13.4 Å². The van der Waals surface area contributed by atoms with Gasteiger partial charge in [0.15, 0.2) is 5.13 Å². The number of aromatic nitrogens is 1. The number of thiazole rings is 1. The van der Waals surface area contributed by atoms with Crippen LogP contribution in [0.1, 0.15) is 16.1 Å². The van der Waals surface area contributed by atoms with Gasteiger partial charge in [0.2, 0.25) is 0 Å². The van der Waals surface area contributed by atoms with Crippen molar-refractivity contribution in [3.05, 3.63) is 40.9 Å². The third-order valence-electron chi connectivity index (χ3n) is 2.66. The normalized spacial score (nSPS) is 11.2. The number of carbonyl (C=O) groups excluding carboxylic acids is 1. The molecule has 2 aromatic rings. The molecule has 0 atom stereocenters. The van der Waals surface area contributed by atoms with Gasteiger partial charge in [0.25, 0.3) is 15.9 Å². The molecule has 0 saturated heterocycles. The molecule has 0 saturated carbocycles. The molecule has 1 aromatic carbocycles. The summed E-state index contributed by atoms with van der Waals surface area (Å²) in [6, 6.07) is 5.78. The van der Waals surface area contributed by atoms with E-state index in [2.05, 4.69) is 9.71 Å². The maximum atomic E-state index is 12.2. The number of nitrogens with zero attached hydrogens (tertiary/aromatic N) is 2. The maximum Gasteiger partial charge on any atom is 0.263 e. The molecule has 0 bridgehead atoms. The van der Waals surface area contributed by atoms with Crippen LogP contribution in [0.25, 0.3) is 0 Å². The number of hydrogen-bond acceptors (Lipinski definition) is 5. The van der Waals surface area contributed by atoms with E-state index in [1.54, 1.807) is 26.4 Å². The molecule has 0 spiro atoms. The Balaban J connectivity index is 2.23. The molecule has 112 valence electrons. The lowest BCUT2D eigenvalue weighted by atomic mass is 10.2. The van der Waals surface area contributed by atoms with Crippen LogP contribution in [0.5, 0.6) is 0 Å². The monoisotopic (exact) mass is 325 g/mol. The summed E-state index contributed by atoms with van der Waals surface area (Å²) in [5, 5.41) is 2.08. The lowest BCUT2D eigenvalue weighted by Gasteiger charge is -2.10. The molecule has 0 aliphatic rings. The zero-order chi connectivity index (χ0) is 15.6. The molecule has 1 N–H and O–H groups in total. The van der Waals surface area contributed by atoms with E-state index in [0.717, 1.165) is 5.69 Å². The van der Waals surface area contributed by atoms with Crippen LogP contribution in [-0.4, -0.2) is 38.3 Å². The highest BCUT2D eigenvalue weighted by atomic mass is 32.2. The summed E-state index contributed by atoms with van der Waals surface area (Å²) < 4.78 is 26.8. The molecule has 21 heavy (non-hydrogen) atoms. The molecule has 8 heteroatoms. The molecule has 1 heterocycles. The van der Waals surface area contributed by atoms with Gasteiger partial charge in [-0.3, -0.25) is 9.52 Å². The van der Waals surface area contributed by atoms with Crippen molar-refractivity contribution in [1.29, 1.82) is 0 Å². The topological polar surface area (TPSA) is 79.4 Å². The SMILES string of the molecule is Cc1csc(NS(=O)(=O)c2ccc(C(=O)N(C)C)cc2)n1. The predicted molar refractivity (Wildman–Crippen MR) is 82.1 cm³/mol. The summed E-state index contributed by atoms with van der Waals surface area (Å²) >= 11 is 1.22. The Kier molecular flexibility index (Phi) is 4.29. The van der Waals surface area contributed by atoms with Gasteiger partial charge in [0.1, 0.15) is 0 Å². The van der Waals surface area contributed by atoms with E-state index in [9.17, 15) is 13.2 Å². The number of carbonyl (C=O) groups is 1. The molecule has 0 radical (unpaired) electrons. The first-order valence-corrected chi connectivity index (χ1v) is 8.42. The smallest absolute Gasteiger partial charge is 0.263 e. The van der Waals surface area contributed by atoms with Gasteiger partial charge in [-0.05, 0) is 31.2 Å². The van der Waals surface area contributed by atoms with E-state index in [1.807, 2.05) is 0 Å². The van der Waals surface area contributed by atoms with E-state index < -0.39 is 10.0 Å². The first kappa shape index (κ1) is 15.5. The van der Waals surface area contributed by atoms with E-state index in [1.165, 1.54) is 40.5 Å². The van der Waals surface area contributed by atoms with Crippen molar-refractivity contribution in [2.45, 2.75) is 11.8 Å². The van der Waals surface area contributed by atoms with Gasteiger partial charge in [-0.2, -0.15) is 0 Å². The number of sulfonamides is 1. The fourth-order valence-electron chi connectivity index (χ4n) is 1.61. The fourth-order valence-corrected chi connectivity index (χ4v) is 3.55. The quantitative estimate of drug-likeness (QED) is 0.932. The Morgan fingerprint density at radius 3 is 2.33 bits per heavy atom. The average Bonchev–Trinajstić information content (AvgIpc) is 2.82. The van der Waals surface area contributed by atoms with Crippen LogP contribution in [0.2, 0.25) is 0 Å². The van der Waals surface area contributed by atoms with E-state index in [4.69, 9.17) is 0 Å². The molecule has 0 unspecified atom stereocenters. The van der Waals surface area contributed by atoms with Crippen molar-refractivity contribution in [2.24, 2.45) is 0 Å². The second-order valence-electron chi connectivity index (χ2n) is 4.62. The van der Waals surface area contributed by atoms with Crippen LogP contribution in [0.3, 0.4) is 0 Å². The van der Waals surface area contributed by atoms with Crippen molar-refractivity contribution in [3.8, 4) is 0 Å². The Bertz CT molecular complexity index is 749. The van der Waals surface area contributed by atoms with Gasteiger partial charge in [0, 0.05) is 25.0 Å². The molecule has 2 rings (SSSR count). The molecular weight excluding hydrogens is 310 g/mol. The average molecular weight is 325 g/mol. The second-order valence-corrected chi connectivity index (χ2v) is 7.16. The van der Waals surface area contributed by atoms with Gasteiger partial charge < -0.3 is 4.90 Å². The first-order valence-electron chi connectivity index (χ1n) is 6.06. The number of hydrogen-bond donors (Lipinski definition) is 1. The predicted octanol–water partition coefficient (Wildman–Crippen LogP) is 1.95. The molecule has 1 aromatic heterocycles. The highest BCUT2D eigenvalue weighted by Crippen LogP contribution is 2.20. The highest BCUT2D eigenvalue weighted by molar-refractivity contribution is 7.93. The highest BCUT2D eigenvalue weighted by Gasteiger charge is 2.17. The Hall–Kier alpha value is -1.93. The summed E-state index contributed by atoms with van der Waals surface area (Å²) in [5.41, 5.74) is 1.19. The standard InChI is InChI=1S/C13H15N3O3S2/c1-9-8-20-13(14-9)15-21(18,19)11-6-4-10(5-7-11)12(17)16(2)3/h4-8H,1-3H3,(H,14,15). The second kappa shape index (κ2) is 5.82. The van der Waals surface area contributed by atoms with Crippen molar-refractivity contribution in [2.75, 3.05) is 18.8 Å². The van der Waals surface area contributed by atoms with Crippen LogP contribution < -0.4 is 4.72 Å². The number of anilines is 1. The van der Waals surface area contributed by atoms with Crippen molar-refractivity contribution < 1.29 is 13.2 Å². The van der Waals surface area contributed by atoms with E-state index in [-0.39, 0.29) is 10.8 Å². The minimum Gasteiger partial charge on any atom is -0.345 e. The van der Waals surface area contributed by atoms with Crippen LogP contribution in [0, 0.1) is 6.92 Å². The Labute approximate surface area is 127 Å². The zero-order valence-corrected chi connectivity index (χ0v) is 13.5. The summed E-state index contributed by atoms with van der Waals surface area (Å²) in [6.07, 6.45) is 0. The van der Waals surface area contributed by atoms with E-state index >= 15 is 0 Å². The van der Waals surface area contributed by atoms with Gasteiger partial charge in [-0.1, -0.05) is 0 Å². The largest absolute Gasteiger partial charge is 0.345 e. The first-order chi connectivity index (χ1) is 9.79. The lowest BCUT2D eigenvalue weighted by Crippen LogP contribution is -2.21. The molecule has 0 aliphatic heterocycles. The van der Waals surface area contributed by atoms with Gasteiger partial charge in [-0.15, -0.1) is 11.3 Å². The minimum absolute atomic E-state index is 0.0886. The summed E-state index contributed by atoms with van der Waals surface area (Å²) in [7, 11) is -0.413. The van der Waals surface area contributed by atoms with Crippen LogP contribution in [0.15, 0.2) is 34.5 Å². The number of nitrogens with one attached hydrogen (secondary N) is 1. The zero-order valence-electron chi connectivity index (χ0n) is 11.8. The van der Waals surface area contributed by atoms with Gasteiger partial charge >= 0.3 is 0 Å². The van der Waals surface area contributed by atoms with E-state index in [0.29, 0.717) is 10.7 Å². The molecule has 0 aliphatic carbocycles. The fraction of sp³-hybridized carbons (Fsp3) is 0.231. The molecule has 0 fully saturated rings. The Morgan fingerprint density at radius 2 is 1.86 bits per heavy atom.